The van der Waals surface area contributed by atoms with Crippen molar-refractivity contribution in [2.45, 2.75) is 19.4 Å². The van der Waals surface area contributed by atoms with E-state index in [0.717, 1.165) is 23.0 Å². The third kappa shape index (κ3) is 2.74. The molecule has 1 unspecified atom stereocenters. The summed E-state index contributed by atoms with van der Waals surface area (Å²) in [4.78, 5) is 4.32. The number of methoxy groups -OCH3 is 1. The van der Waals surface area contributed by atoms with Crippen LogP contribution in [0.2, 0.25) is 5.02 Å². The van der Waals surface area contributed by atoms with E-state index in [2.05, 4.69) is 17.2 Å². The van der Waals surface area contributed by atoms with Crippen LogP contribution in [-0.4, -0.2) is 24.7 Å². The smallest absolute Gasteiger partial charge is 0.0908 e. The van der Waals surface area contributed by atoms with E-state index < -0.39 is 0 Å². The molecule has 1 aromatic carbocycles. The van der Waals surface area contributed by atoms with Gasteiger partial charge in [-0.25, -0.2) is 0 Å². The minimum absolute atomic E-state index is 0.291. The molecule has 1 atom stereocenters. The molecular weight excluding hydrogens is 248 g/mol. The molecule has 0 bridgehead atoms. The van der Waals surface area contributed by atoms with Crippen molar-refractivity contribution in [3.63, 3.8) is 0 Å². The zero-order valence-electron chi connectivity index (χ0n) is 10.6. The van der Waals surface area contributed by atoms with Crippen molar-refractivity contribution in [3.8, 4) is 0 Å². The zero-order chi connectivity index (χ0) is 13.0. The van der Waals surface area contributed by atoms with Crippen molar-refractivity contribution in [2.24, 2.45) is 0 Å². The predicted octanol–water partition coefficient (Wildman–Crippen LogP) is 3.73. The highest BCUT2D eigenvalue weighted by molar-refractivity contribution is 6.35. The van der Waals surface area contributed by atoms with Gasteiger partial charge in [0.1, 0.15) is 0 Å². The van der Waals surface area contributed by atoms with Crippen molar-refractivity contribution < 1.29 is 4.74 Å². The van der Waals surface area contributed by atoms with Gasteiger partial charge in [0.15, 0.2) is 0 Å². The summed E-state index contributed by atoms with van der Waals surface area (Å²) in [5.74, 6) is 0. The van der Waals surface area contributed by atoms with Gasteiger partial charge in [-0.05, 0) is 30.7 Å². The van der Waals surface area contributed by atoms with Crippen molar-refractivity contribution in [2.75, 3.05) is 19.0 Å². The summed E-state index contributed by atoms with van der Waals surface area (Å²) in [5, 5.41) is 5.19. The summed E-state index contributed by atoms with van der Waals surface area (Å²) >= 11 is 6.15. The second kappa shape index (κ2) is 6.03. The molecule has 0 aliphatic heterocycles. The average Bonchev–Trinajstić information content (AvgIpc) is 2.41. The molecule has 4 heteroatoms. The minimum atomic E-state index is 0.291. The Balaban J connectivity index is 2.36. The van der Waals surface area contributed by atoms with E-state index in [-0.39, 0.29) is 0 Å². The van der Waals surface area contributed by atoms with Crippen molar-refractivity contribution in [3.05, 3.63) is 35.5 Å². The summed E-state index contributed by atoms with van der Waals surface area (Å²) in [6, 6.07) is 8.10. The number of fused-ring (bicyclic) bond motifs is 1. The van der Waals surface area contributed by atoms with Crippen LogP contribution in [-0.2, 0) is 4.74 Å². The molecule has 96 valence electrons. The van der Waals surface area contributed by atoms with Gasteiger partial charge in [-0.1, -0.05) is 18.5 Å². The normalized spacial score (nSPS) is 12.6. The van der Waals surface area contributed by atoms with Gasteiger partial charge >= 0.3 is 0 Å². The van der Waals surface area contributed by atoms with E-state index in [1.165, 1.54) is 0 Å². The molecule has 1 aromatic heterocycles. The lowest BCUT2D eigenvalue weighted by Crippen LogP contribution is -2.23. The Labute approximate surface area is 112 Å². The number of halogens is 1. The number of ether oxygens (including phenoxy) is 1. The number of aromatic nitrogens is 1. The molecule has 0 fully saturated rings. The number of pyridine rings is 1. The summed E-state index contributed by atoms with van der Waals surface area (Å²) < 4.78 is 5.20. The highest BCUT2D eigenvalue weighted by atomic mass is 35.5. The standard InChI is InChI=1S/C14H17ClN2O/c1-3-10(9-18-2)17-13-7-6-12(15)14-11(13)5-4-8-16-14/h4-8,10,17H,3,9H2,1-2H3. The number of benzene rings is 1. The maximum atomic E-state index is 6.15. The van der Waals surface area contributed by atoms with Crippen LogP contribution in [0.25, 0.3) is 10.9 Å². The Morgan fingerprint density at radius 1 is 1.39 bits per heavy atom. The first-order valence-corrected chi connectivity index (χ1v) is 6.42. The molecular formula is C14H17ClN2O. The first-order valence-electron chi connectivity index (χ1n) is 6.05. The summed E-state index contributed by atoms with van der Waals surface area (Å²) in [6.45, 7) is 2.81. The molecule has 1 heterocycles. The maximum Gasteiger partial charge on any atom is 0.0908 e. The van der Waals surface area contributed by atoms with Crippen LogP contribution in [0.1, 0.15) is 13.3 Å². The van der Waals surface area contributed by atoms with Crippen LogP contribution in [0.4, 0.5) is 5.69 Å². The number of hydrogen-bond acceptors (Lipinski definition) is 3. The highest BCUT2D eigenvalue weighted by Crippen LogP contribution is 2.28. The van der Waals surface area contributed by atoms with Crippen LogP contribution in [0.5, 0.6) is 0 Å². The summed E-state index contributed by atoms with van der Waals surface area (Å²) in [5.41, 5.74) is 1.88. The van der Waals surface area contributed by atoms with Gasteiger partial charge in [0.2, 0.25) is 0 Å². The zero-order valence-corrected chi connectivity index (χ0v) is 11.4. The van der Waals surface area contributed by atoms with Gasteiger partial charge < -0.3 is 10.1 Å². The monoisotopic (exact) mass is 264 g/mol. The third-order valence-electron chi connectivity index (χ3n) is 2.94. The van der Waals surface area contributed by atoms with E-state index in [1.807, 2.05) is 24.3 Å². The highest BCUT2D eigenvalue weighted by Gasteiger charge is 2.09. The van der Waals surface area contributed by atoms with E-state index in [1.54, 1.807) is 13.3 Å². The molecule has 0 amide bonds. The number of nitrogens with one attached hydrogen (secondary N) is 1. The van der Waals surface area contributed by atoms with E-state index in [0.29, 0.717) is 17.7 Å². The molecule has 0 radical (unpaired) electrons. The Hall–Kier alpha value is -1.32. The van der Waals surface area contributed by atoms with Crippen LogP contribution in [0.3, 0.4) is 0 Å². The second-order valence-electron chi connectivity index (χ2n) is 4.20. The predicted molar refractivity (Wildman–Crippen MR) is 76.3 cm³/mol. The van der Waals surface area contributed by atoms with Gasteiger partial charge in [0, 0.05) is 30.4 Å². The number of nitrogens with zero attached hydrogens (tertiary/aromatic N) is 1. The molecule has 2 rings (SSSR count). The van der Waals surface area contributed by atoms with Crippen molar-refractivity contribution in [1.82, 2.24) is 4.98 Å². The Kier molecular flexibility index (Phi) is 4.39. The maximum absolute atomic E-state index is 6.15. The Morgan fingerprint density at radius 3 is 2.94 bits per heavy atom. The molecule has 0 saturated carbocycles. The minimum Gasteiger partial charge on any atom is -0.383 e. The van der Waals surface area contributed by atoms with Crippen LogP contribution < -0.4 is 5.32 Å². The first-order chi connectivity index (χ1) is 8.76. The average molecular weight is 265 g/mol. The van der Waals surface area contributed by atoms with Crippen molar-refractivity contribution >= 4 is 28.2 Å². The molecule has 18 heavy (non-hydrogen) atoms. The number of anilines is 1. The van der Waals surface area contributed by atoms with E-state index >= 15 is 0 Å². The van der Waals surface area contributed by atoms with Crippen LogP contribution in [0.15, 0.2) is 30.5 Å². The van der Waals surface area contributed by atoms with Gasteiger partial charge in [0.05, 0.1) is 17.1 Å². The summed E-state index contributed by atoms with van der Waals surface area (Å²) in [6.07, 6.45) is 2.75. The molecule has 2 aromatic rings. The molecule has 0 saturated heterocycles. The fourth-order valence-corrected chi connectivity index (χ4v) is 2.16. The lowest BCUT2D eigenvalue weighted by atomic mass is 10.1. The lowest BCUT2D eigenvalue weighted by molar-refractivity contribution is 0.184. The fraction of sp³-hybridized carbons (Fsp3) is 0.357. The Morgan fingerprint density at radius 2 is 2.22 bits per heavy atom. The van der Waals surface area contributed by atoms with E-state index in [9.17, 15) is 0 Å². The van der Waals surface area contributed by atoms with Crippen molar-refractivity contribution in [1.29, 1.82) is 0 Å². The van der Waals surface area contributed by atoms with Gasteiger partial charge in [-0.15, -0.1) is 0 Å². The van der Waals surface area contributed by atoms with Gasteiger partial charge in [0.25, 0.3) is 0 Å². The third-order valence-corrected chi connectivity index (χ3v) is 3.25. The molecule has 0 spiro atoms. The second-order valence-corrected chi connectivity index (χ2v) is 4.61. The van der Waals surface area contributed by atoms with E-state index in [4.69, 9.17) is 16.3 Å². The summed E-state index contributed by atoms with van der Waals surface area (Å²) in [7, 11) is 1.71. The quantitative estimate of drug-likeness (QED) is 0.894. The molecule has 0 aliphatic carbocycles. The number of hydrogen-bond donors (Lipinski definition) is 1. The van der Waals surface area contributed by atoms with Gasteiger partial charge in [-0.3, -0.25) is 4.98 Å². The largest absolute Gasteiger partial charge is 0.383 e. The fourth-order valence-electron chi connectivity index (χ4n) is 1.95. The molecule has 3 nitrogen and oxygen atoms in total. The molecule has 1 N–H and O–H groups in total. The van der Waals surface area contributed by atoms with Crippen LogP contribution in [0, 0.1) is 0 Å². The Bertz CT molecular complexity index is 530. The van der Waals surface area contributed by atoms with Crippen LogP contribution >= 0.6 is 11.6 Å². The SMILES string of the molecule is CCC(COC)Nc1ccc(Cl)c2ncccc12. The first kappa shape index (κ1) is 13.1. The van der Waals surface area contributed by atoms with Gasteiger partial charge in [-0.2, -0.15) is 0 Å². The lowest BCUT2D eigenvalue weighted by Gasteiger charge is -2.18. The topological polar surface area (TPSA) is 34.1 Å². The number of rotatable bonds is 5. The molecule has 0 aliphatic rings.